The first-order valence-corrected chi connectivity index (χ1v) is 11.2. The Morgan fingerprint density at radius 3 is 2.55 bits per heavy atom. The number of ether oxygens (including phenoxy) is 2. The number of nitrogens with zero attached hydrogens (tertiary/aromatic N) is 2. The molecule has 162 valence electrons. The van der Waals surface area contributed by atoms with Crippen molar-refractivity contribution in [3.05, 3.63) is 24.3 Å². The van der Waals surface area contributed by atoms with E-state index in [2.05, 4.69) is 27.4 Å². The number of piperidine rings is 1. The van der Waals surface area contributed by atoms with Gasteiger partial charge in [0.1, 0.15) is 17.6 Å². The van der Waals surface area contributed by atoms with Gasteiger partial charge in [0.15, 0.2) is 5.96 Å². The van der Waals surface area contributed by atoms with Gasteiger partial charge >= 0.3 is 0 Å². The van der Waals surface area contributed by atoms with Crippen LogP contribution in [-0.4, -0.2) is 62.8 Å². The van der Waals surface area contributed by atoms with Crippen molar-refractivity contribution in [2.24, 2.45) is 4.99 Å². The molecule has 0 radical (unpaired) electrons. The number of methoxy groups -OCH3 is 1. The van der Waals surface area contributed by atoms with Crippen molar-refractivity contribution >= 4 is 5.96 Å². The van der Waals surface area contributed by atoms with Crippen molar-refractivity contribution in [1.82, 2.24) is 15.5 Å². The number of benzene rings is 1. The van der Waals surface area contributed by atoms with Gasteiger partial charge in [0.25, 0.3) is 0 Å². The number of rotatable bonds is 7. The van der Waals surface area contributed by atoms with Crippen LogP contribution in [0, 0.1) is 0 Å². The number of hydrogen-bond acceptors (Lipinski definition) is 4. The Labute approximate surface area is 176 Å². The number of guanidine groups is 1. The molecule has 0 bridgehead atoms. The Balaban J connectivity index is 1.38. The monoisotopic (exact) mass is 402 g/mol. The highest BCUT2D eigenvalue weighted by molar-refractivity contribution is 5.80. The summed E-state index contributed by atoms with van der Waals surface area (Å²) in [6.45, 7) is 5.16. The van der Waals surface area contributed by atoms with Gasteiger partial charge in [-0.1, -0.05) is 25.3 Å². The molecule has 6 nitrogen and oxygen atoms in total. The number of hydrogen-bond donors (Lipinski definition) is 2. The van der Waals surface area contributed by atoms with E-state index in [1.807, 2.05) is 31.3 Å². The van der Waals surface area contributed by atoms with Crippen molar-refractivity contribution in [2.75, 3.05) is 33.8 Å². The minimum atomic E-state index is 0.0220. The highest BCUT2D eigenvalue weighted by Gasteiger charge is 2.26. The molecule has 1 heterocycles. The zero-order chi connectivity index (χ0) is 20.5. The van der Waals surface area contributed by atoms with Crippen LogP contribution in [0.25, 0.3) is 0 Å². The van der Waals surface area contributed by atoms with E-state index in [0.29, 0.717) is 12.6 Å². The molecule has 0 amide bonds. The lowest BCUT2D eigenvalue weighted by molar-refractivity contribution is 0.119. The molecular formula is C23H38N4O2. The molecule has 1 saturated carbocycles. The zero-order valence-electron chi connectivity index (χ0n) is 18.3. The average molecular weight is 403 g/mol. The average Bonchev–Trinajstić information content (AvgIpc) is 2.77. The predicted molar refractivity (Wildman–Crippen MR) is 119 cm³/mol. The normalized spacial score (nSPS) is 20.9. The van der Waals surface area contributed by atoms with E-state index in [-0.39, 0.29) is 6.10 Å². The van der Waals surface area contributed by atoms with Gasteiger partial charge in [-0.15, -0.1) is 0 Å². The van der Waals surface area contributed by atoms with E-state index >= 15 is 0 Å². The molecule has 0 spiro atoms. The van der Waals surface area contributed by atoms with Crippen LogP contribution in [0.3, 0.4) is 0 Å². The third-order valence-corrected chi connectivity index (χ3v) is 6.12. The largest absolute Gasteiger partial charge is 0.497 e. The van der Waals surface area contributed by atoms with Crippen LogP contribution in [0.4, 0.5) is 0 Å². The second kappa shape index (κ2) is 11.3. The maximum absolute atomic E-state index is 5.99. The smallest absolute Gasteiger partial charge is 0.191 e. The van der Waals surface area contributed by atoms with Crippen LogP contribution in [0.1, 0.15) is 51.9 Å². The first kappa shape index (κ1) is 21.8. The Bertz CT molecular complexity index is 638. The summed E-state index contributed by atoms with van der Waals surface area (Å²) in [4.78, 5) is 7.12. The van der Waals surface area contributed by atoms with E-state index in [1.54, 1.807) is 7.11 Å². The van der Waals surface area contributed by atoms with Crippen molar-refractivity contribution in [3.63, 3.8) is 0 Å². The molecule has 1 aliphatic heterocycles. The van der Waals surface area contributed by atoms with Gasteiger partial charge in [-0.25, -0.2) is 0 Å². The van der Waals surface area contributed by atoms with E-state index in [0.717, 1.165) is 23.5 Å². The first-order chi connectivity index (χ1) is 14.2. The van der Waals surface area contributed by atoms with Crippen LogP contribution >= 0.6 is 0 Å². The van der Waals surface area contributed by atoms with Gasteiger partial charge in [-0.3, -0.25) is 4.99 Å². The molecule has 1 aromatic rings. The minimum Gasteiger partial charge on any atom is -0.497 e. The van der Waals surface area contributed by atoms with Crippen LogP contribution in [-0.2, 0) is 0 Å². The van der Waals surface area contributed by atoms with Crippen LogP contribution in [0.5, 0.6) is 11.5 Å². The maximum atomic E-state index is 5.99. The summed E-state index contributed by atoms with van der Waals surface area (Å²) in [5.41, 5.74) is 0. The first-order valence-electron chi connectivity index (χ1n) is 11.2. The summed E-state index contributed by atoms with van der Waals surface area (Å²) in [6.07, 6.45) is 9.44. The molecule has 2 aliphatic rings. The summed E-state index contributed by atoms with van der Waals surface area (Å²) in [7, 11) is 3.50. The second-order valence-corrected chi connectivity index (χ2v) is 8.31. The fourth-order valence-electron chi connectivity index (χ4n) is 4.43. The Hall–Kier alpha value is -1.95. The Kier molecular flexibility index (Phi) is 8.47. The second-order valence-electron chi connectivity index (χ2n) is 8.31. The summed E-state index contributed by atoms with van der Waals surface area (Å²) < 4.78 is 11.2. The van der Waals surface area contributed by atoms with Crippen LogP contribution in [0.2, 0.25) is 0 Å². The van der Waals surface area contributed by atoms with E-state index in [1.165, 1.54) is 58.0 Å². The Morgan fingerprint density at radius 1 is 1.14 bits per heavy atom. The summed E-state index contributed by atoms with van der Waals surface area (Å²) >= 11 is 0. The quantitative estimate of drug-likeness (QED) is 0.541. The van der Waals surface area contributed by atoms with Crippen LogP contribution < -0.4 is 20.1 Å². The standard InChI is InChI=1S/C23H38N4O2/c1-18(29-22-11-7-10-21(16-22)28-3)17-25-23(24-2)26-19-12-14-27(15-13-19)20-8-5-4-6-9-20/h7,10-11,16,18-20H,4-6,8-9,12-15,17H2,1-3H3,(H2,24,25,26). The van der Waals surface area contributed by atoms with Crippen molar-refractivity contribution < 1.29 is 9.47 Å². The van der Waals surface area contributed by atoms with Gasteiger partial charge in [-0.2, -0.15) is 0 Å². The molecule has 29 heavy (non-hydrogen) atoms. The lowest BCUT2D eigenvalue weighted by Gasteiger charge is -2.39. The summed E-state index contributed by atoms with van der Waals surface area (Å²) in [6, 6.07) is 9.04. The SMILES string of the molecule is CN=C(NCC(C)Oc1cccc(OC)c1)NC1CCN(C2CCCCC2)CC1. The van der Waals surface area contributed by atoms with Gasteiger partial charge in [0, 0.05) is 38.3 Å². The van der Waals surface area contributed by atoms with E-state index in [9.17, 15) is 0 Å². The molecule has 1 saturated heterocycles. The minimum absolute atomic E-state index is 0.0220. The fraction of sp³-hybridized carbons (Fsp3) is 0.696. The van der Waals surface area contributed by atoms with Gasteiger partial charge in [0.05, 0.1) is 13.7 Å². The van der Waals surface area contributed by atoms with Crippen molar-refractivity contribution in [2.45, 2.75) is 70.1 Å². The molecule has 3 rings (SSSR count). The van der Waals surface area contributed by atoms with E-state index < -0.39 is 0 Å². The molecule has 1 aliphatic carbocycles. The summed E-state index contributed by atoms with van der Waals surface area (Å²) in [5.74, 6) is 2.48. The molecule has 6 heteroatoms. The number of likely N-dealkylation sites (tertiary alicyclic amines) is 1. The lowest BCUT2D eigenvalue weighted by atomic mass is 9.92. The zero-order valence-corrected chi connectivity index (χ0v) is 18.3. The fourth-order valence-corrected chi connectivity index (χ4v) is 4.43. The highest BCUT2D eigenvalue weighted by atomic mass is 16.5. The van der Waals surface area contributed by atoms with Gasteiger partial charge < -0.3 is 25.0 Å². The van der Waals surface area contributed by atoms with Crippen LogP contribution in [0.15, 0.2) is 29.3 Å². The predicted octanol–water partition coefficient (Wildman–Crippen LogP) is 3.42. The van der Waals surface area contributed by atoms with E-state index in [4.69, 9.17) is 9.47 Å². The number of nitrogens with one attached hydrogen (secondary N) is 2. The number of aliphatic imine (C=N–C) groups is 1. The molecule has 1 aromatic carbocycles. The Morgan fingerprint density at radius 2 is 1.86 bits per heavy atom. The molecule has 1 atom stereocenters. The lowest BCUT2D eigenvalue weighted by Crippen LogP contribution is -2.51. The molecule has 1 unspecified atom stereocenters. The maximum Gasteiger partial charge on any atom is 0.191 e. The molecule has 0 aromatic heterocycles. The molecular weight excluding hydrogens is 364 g/mol. The van der Waals surface area contributed by atoms with Crippen molar-refractivity contribution in [3.8, 4) is 11.5 Å². The third kappa shape index (κ3) is 6.81. The highest BCUT2D eigenvalue weighted by Crippen LogP contribution is 2.25. The van der Waals surface area contributed by atoms with Crippen molar-refractivity contribution in [1.29, 1.82) is 0 Å². The van der Waals surface area contributed by atoms with Gasteiger partial charge in [0.2, 0.25) is 0 Å². The molecule has 2 N–H and O–H groups in total. The molecule has 2 fully saturated rings. The third-order valence-electron chi connectivity index (χ3n) is 6.12. The topological polar surface area (TPSA) is 58.1 Å². The van der Waals surface area contributed by atoms with Gasteiger partial charge in [-0.05, 0) is 44.7 Å². The summed E-state index contributed by atoms with van der Waals surface area (Å²) in [5, 5.41) is 7.01.